The van der Waals surface area contributed by atoms with Crippen LogP contribution in [0.5, 0.6) is 0 Å². The van der Waals surface area contributed by atoms with Crippen molar-refractivity contribution in [2.45, 2.75) is 13.8 Å². The fourth-order valence-electron chi connectivity index (χ4n) is 1.88. The van der Waals surface area contributed by atoms with Crippen LogP contribution in [0.25, 0.3) is 11.2 Å². The van der Waals surface area contributed by atoms with Crippen molar-refractivity contribution in [1.29, 1.82) is 0 Å². The van der Waals surface area contributed by atoms with Gasteiger partial charge in [-0.2, -0.15) is 0 Å². The van der Waals surface area contributed by atoms with Gasteiger partial charge in [-0.25, -0.2) is 9.59 Å². The number of fused-ring (bicyclic) bond motifs is 5. The van der Waals surface area contributed by atoms with Gasteiger partial charge in [-0.1, -0.05) is 0 Å². The highest BCUT2D eigenvalue weighted by Crippen LogP contribution is 2.39. The van der Waals surface area contributed by atoms with E-state index in [1.807, 2.05) is 13.8 Å². The van der Waals surface area contributed by atoms with Gasteiger partial charge in [-0.05, 0) is 25.0 Å². The lowest BCUT2D eigenvalue weighted by molar-refractivity contribution is 0.0443. The molecule has 0 aliphatic carbocycles. The first-order valence-corrected chi connectivity index (χ1v) is 4.22. The van der Waals surface area contributed by atoms with Crippen molar-refractivity contribution in [3.05, 3.63) is 22.3 Å². The smallest absolute Gasteiger partial charge is 0.350 e. The molecule has 0 unspecified atom stereocenters. The average molecular weight is 190 g/mol. The molecule has 0 fully saturated rings. The molecule has 14 heavy (non-hydrogen) atoms. The number of ether oxygens (including phenoxy) is 1. The maximum Gasteiger partial charge on any atom is 0.350 e. The molecule has 2 aromatic heterocycles. The van der Waals surface area contributed by atoms with Gasteiger partial charge in [0, 0.05) is 0 Å². The number of hydrogen-bond donors (Lipinski definition) is 0. The van der Waals surface area contributed by atoms with E-state index in [0.717, 1.165) is 11.1 Å². The van der Waals surface area contributed by atoms with Gasteiger partial charge in [-0.3, -0.25) is 0 Å². The zero-order valence-electron chi connectivity index (χ0n) is 7.63. The number of rotatable bonds is 0. The van der Waals surface area contributed by atoms with Crippen molar-refractivity contribution in [3.8, 4) is 0 Å². The Labute approximate surface area is 78.8 Å². The monoisotopic (exact) mass is 190 g/mol. The number of hydrogen-bond acceptors (Lipinski definition) is 4. The maximum absolute atomic E-state index is 11.3. The average Bonchev–Trinajstić information content (AvgIpc) is 2.71. The Hall–Kier alpha value is -1.84. The Balaban J connectivity index is 2.53. The summed E-state index contributed by atoms with van der Waals surface area (Å²) in [4.78, 5) is 22.5. The van der Waals surface area contributed by atoms with E-state index < -0.39 is 11.9 Å². The molecule has 0 saturated heterocycles. The van der Waals surface area contributed by atoms with Crippen LogP contribution in [0, 0.1) is 13.8 Å². The van der Waals surface area contributed by atoms with E-state index in [-0.39, 0.29) is 0 Å². The van der Waals surface area contributed by atoms with Gasteiger partial charge >= 0.3 is 11.9 Å². The molecule has 3 rings (SSSR count). The van der Waals surface area contributed by atoms with Crippen molar-refractivity contribution < 1.29 is 18.7 Å². The van der Waals surface area contributed by atoms with Crippen LogP contribution in [0.1, 0.15) is 31.8 Å². The maximum atomic E-state index is 11.3. The van der Waals surface area contributed by atoms with Gasteiger partial charge < -0.3 is 9.15 Å². The second kappa shape index (κ2) is 1.97. The van der Waals surface area contributed by atoms with Crippen molar-refractivity contribution in [2.24, 2.45) is 0 Å². The van der Waals surface area contributed by atoms with Crippen molar-refractivity contribution >= 4 is 23.1 Å². The second-order valence-corrected chi connectivity index (χ2v) is 3.44. The summed E-state index contributed by atoms with van der Waals surface area (Å²) in [6.07, 6.45) is 0. The number of benzene rings is 1. The summed E-state index contributed by atoms with van der Waals surface area (Å²) in [5.41, 5.74) is 3.39. The fraction of sp³-hybridized carbons (Fsp3) is 0.200. The predicted octanol–water partition coefficient (Wildman–Crippen LogP) is 1.80. The number of aryl methyl sites for hydroxylation is 2. The Bertz CT molecular complexity index is 527. The molecule has 4 heteroatoms. The first-order chi connectivity index (χ1) is 6.61. The number of cyclic esters (lactones) is 2. The van der Waals surface area contributed by atoms with E-state index in [2.05, 4.69) is 4.74 Å². The number of carbonyl (C=O) groups excluding carboxylic acids is 2. The molecule has 2 bridgehead atoms. The highest BCUT2D eigenvalue weighted by Gasteiger charge is 2.39. The van der Waals surface area contributed by atoms with Gasteiger partial charge in [0.2, 0.25) is 0 Å². The molecule has 0 N–H and O–H groups in total. The predicted molar refractivity (Wildman–Crippen MR) is 46.6 cm³/mol. The summed E-state index contributed by atoms with van der Waals surface area (Å²) in [6, 6.07) is 0. The molecular formula is C10H6O4. The standard InChI is InChI=1S/C10H6O4/c1-3-4(2)8-6-5(7(3)13-8)9(11)14-10(6)12/h1-2H3. The third-order valence-corrected chi connectivity index (χ3v) is 2.75. The van der Waals surface area contributed by atoms with Crippen LogP contribution in [0.2, 0.25) is 0 Å². The molecule has 2 aromatic rings. The van der Waals surface area contributed by atoms with Gasteiger partial charge in [-0.15, -0.1) is 0 Å². The SMILES string of the molecule is Cc1c(C)c2oc1c1c2C(=O)OC1=O. The van der Waals surface area contributed by atoms with E-state index >= 15 is 0 Å². The largest absolute Gasteiger partial charge is 0.455 e. The second-order valence-electron chi connectivity index (χ2n) is 3.44. The molecule has 0 saturated carbocycles. The number of furan rings is 2. The Morgan fingerprint density at radius 1 is 0.857 bits per heavy atom. The van der Waals surface area contributed by atoms with Crippen LogP contribution in [0.15, 0.2) is 4.42 Å². The lowest BCUT2D eigenvalue weighted by Gasteiger charge is -1.92. The minimum absolute atomic E-state index is 0.299. The Morgan fingerprint density at radius 3 is 1.71 bits per heavy atom. The summed E-state index contributed by atoms with van der Waals surface area (Å²) in [6.45, 7) is 3.72. The molecule has 1 aliphatic rings. The highest BCUT2D eigenvalue weighted by atomic mass is 16.6. The normalized spacial score (nSPS) is 15.3. The fourth-order valence-corrected chi connectivity index (χ4v) is 1.88. The van der Waals surface area contributed by atoms with Crippen LogP contribution in [-0.2, 0) is 4.74 Å². The molecule has 4 nitrogen and oxygen atoms in total. The van der Waals surface area contributed by atoms with Crippen molar-refractivity contribution in [3.63, 3.8) is 0 Å². The summed E-state index contributed by atoms with van der Waals surface area (Å²) in [5.74, 6) is -1.19. The minimum atomic E-state index is -0.596. The molecule has 3 heterocycles. The molecule has 0 aromatic carbocycles. The molecule has 0 radical (unpaired) electrons. The highest BCUT2D eigenvalue weighted by molar-refractivity contribution is 6.23. The lowest BCUT2D eigenvalue weighted by Crippen LogP contribution is -1.97. The summed E-state index contributed by atoms with van der Waals surface area (Å²) < 4.78 is 9.87. The Morgan fingerprint density at radius 2 is 1.29 bits per heavy atom. The van der Waals surface area contributed by atoms with Gasteiger partial charge in [0.1, 0.15) is 22.3 Å². The minimum Gasteiger partial charge on any atom is -0.455 e. The van der Waals surface area contributed by atoms with Crippen molar-refractivity contribution in [1.82, 2.24) is 0 Å². The van der Waals surface area contributed by atoms with E-state index in [1.165, 1.54) is 0 Å². The lowest BCUT2D eigenvalue weighted by atomic mass is 10.0. The van der Waals surface area contributed by atoms with Gasteiger partial charge in [0.05, 0.1) is 0 Å². The van der Waals surface area contributed by atoms with E-state index in [1.54, 1.807) is 0 Å². The molecule has 0 spiro atoms. The molecule has 1 aliphatic heterocycles. The zero-order chi connectivity index (χ0) is 10.0. The van der Waals surface area contributed by atoms with Crippen LogP contribution in [-0.4, -0.2) is 11.9 Å². The van der Waals surface area contributed by atoms with Gasteiger partial charge in [0.25, 0.3) is 0 Å². The zero-order valence-corrected chi connectivity index (χ0v) is 7.63. The van der Waals surface area contributed by atoms with E-state index in [9.17, 15) is 9.59 Å². The van der Waals surface area contributed by atoms with Crippen LogP contribution >= 0.6 is 0 Å². The molecule has 70 valence electrons. The summed E-state index contributed by atoms with van der Waals surface area (Å²) >= 11 is 0. The Kier molecular flexibility index (Phi) is 1.06. The summed E-state index contributed by atoms with van der Waals surface area (Å²) in [5, 5.41) is 0. The molecular weight excluding hydrogens is 184 g/mol. The van der Waals surface area contributed by atoms with Gasteiger partial charge in [0.15, 0.2) is 0 Å². The molecule has 0 amide bonds. The van der Waals surface area contributed by atoms with Crippen molar-refractivity contribution in [2.75, 3.05) is 0 Å². The first kappa shape index (κ1) is 7.55. The van der Waals surface area contributed by atoms with E-state index in [4.69, 9.17) is 4.42 Å². The number of carbonyl (C=O) groups is 2. The van der Waals surface area contributed by atoms with Crippen LogP contribution in [0.4, 0.5) is 0 Å². The van der Waals surface area contributed by atoms with Crippen LogP contribution in [0.3, 0.4) is 0 Å². The third kappa shape index (κ3) is 0.585. The molecule has 0 atom stereocenters. The van der Waals surface area contributed by atoms with E-state index in [0.29, 0.717) is 22.3 Å². The third-order valence-electron chi connectivity index (χ3n) is 2.75. The quantitative estimate of drug-likeness (QED) is 0.469. The topological polar surface area (TPSA) is 56.5 Å². The number of esters is 2. The van der Waals surface area contributed by atoms with Crippen LogP contribution < -0.4 is 0 Å². The summed E-state index contributed by atoms with van der Waals surface area (Å²) in [7, 11) is 0. The first-order valence-electron chi connectivity index (χ1n) is 4.22.